The molecule has 0 fully saturated rings. The number of nitrogens with one attached hydrogen (secondary N) is 5. The highest BCUT2D eigenvalue weighted by Crippen LogP contribution is 2.19. The Hall–Kier alpha value is -5.90. The number of nitrogens with two attached hydrogens (primary N) is 3. The lowest BCUT2D eigenvalue weighted by Gasteiger charge is -2.25. The number of aromatic amines is 2. The SMILES string of the molecule is NC(N)=NCCCC(NC(=O)C(Cc1ccc(O)cc1)NC(=O)C(Cc1cnc[nH]1)NC(=O)C(N)Cc1c[nH]c2ccccc12)C(=O)O. The van der Waals surface area contributed by atoms with Gasteiger partial charge >= 0.3 is 5.97 Å². The maximum atomic E-state index is 13.8. The van der Waals surface area contributed by atoms with E-state index in [9.17, 15) is 29.4 Å². The average Bonchev–Trinajstić information content (AvgIpc) is 3.72. The number of benzene rings is 2. The minimum absolute atomic E-state index is 0.00168. The molecule has 0 saturated heterocycles. The number of rotatable bonds is 17. The molecule has 2 heterocycles. The van der Waals surface area contributed by atoms with Gasteiger partial charge in [-0.2, -0.15) is 0 Å². The van der Waals surface area contributed by atoms with Crippen molar-refractivity contribution in [2.24, 2.45) is 22.2 Å². The van der Waals surface area contributed by atoms with E-state index < -0.39 is 47.9 Å². The van der Waals surface area contributed by atoms with E-state index >= 15 is 0 Å². The number of carboxylic acid groups (broad SMARTS) is 1. The predicted molar refractivity (Wildman–Crippen MR) is 177 cm³/mol. The molecule has 4 rings (SSSR count). The molecule has 0 saturated carbocycles. The average molecular weight is 661 g/mol. The van der Waals surface area contributed by atoms with Gasteiger partial charge in [-0.15, -0.1) is 0 Å². The van der Waals surface area contributed by atoms with Crippen molar-refractivity contribution in [3.8, 4) is 5.75 Å². The lowest BCUT2D eigenvalue weighted by atomic mass is 10.0. The van der Waals surface area contributed by atoms with Crippen molar-refractivity contribution in [2.45, 2.75) is 56.3 Å². The quantitative estimate of drug-likeness (QED) is 0.0395. The van der Waals surface area contributed by atoms with Crippen LogP contribution in [0.3, 0.4) is 0 Å². The topological polar surface area (TPSA) is 280 Å². The third-order valence-corrected chi connectivity index (χ3v) is 7.63. The number of aliphatic carboxylic acids is 1. The maximum Gasteiger partial charge on any atom is 0.326 e. The second-order valence-corrected chi connectivity index (χ2v) is 11.3. The number of carbonyl (C=O) groups is 4. The number of aromatic nitrogens is 3. The van der Waals surface area contributed by atoms with Gasteiger partial charge < -0.3 is 53.3 Å². The molecule has 16 nitrogen and oxygen atoms in total. The molecular weight excluding hydrogens is 620 g/mol. The molecule has 4 unspecified atom stereocenters. The van der Waals surface area contributed by atoms with E-state index in [2.05, 4.69) is 35.9 Å². The number of imidazole rings is 1. The fourth-order valence-electron chi connectivity index (χ4n) is 5.12. The van der Waals surface area contributed by atoms with Crippen LogP contribution in [0.2, 0.25) is 0 Å². The highest BCUT2D eigenvalue weighted by atomic mass is 16.4. The molecule has 0 bridgehead atoms. The predicted octanol–water partition coefficient (Wildman–Crippen LogP) is -0.456. The van der Waals surface area contributed by atoms with Crippen LogP contribution in [0.5, 0.6) is 5.75 Å². The van der Waals surface area contributed by atoms with E-state index in [0.717, 1.165) is 16.5 Å². The van der Waals surface area contributed by atoms with Crippen molar-refractivity contribution in [3.05, 3.63) is 84.1 Å². The molecule has 2 aromatic heterocycles. The summed E-state index contributed by atoms with van der Waals surface area (Å²) in [6, 6.07) is 8.83. The molecule has 0 radical (unpaired) electrons. The van der Waals surface area contributed by atoms with Gasteiger partial charge in [0.25, 0.3) is 0 Å². The number of fused-ring (bicyclic) bond motifs is 1. The Balaban J connectivity index is 1.51. The van der Waals surface area contributed by atoms with E-state index in [4.69, 9.17) is 17.2 Å². The lowest BCUT2D eigenvalue weighted by Crippen LogP contribution is -2.58. The molecule has 0 spiro atoms. The van der Waals surface area contributed by atoms with E-state index in [1.165, 1.54) is 24.7 Å². The summed E-state index contributed by atoms with van der Waals surface area (Å²) < 4.78 is 0. The van der Waals surface area contributed by atoms with Crippen molar-refractivity contribution in [3.63, 3.8) is 0 Å². The summed E-state index contributed by atoms with van der Waals surface area (Å²) in [4.78, 5) is 66.5. The molecule has 13 N–H and O–H groups in total. The number of H-pyrrole nitrogens is 2. The monoisotopic (exact) mass is 660 g/mol. The summed E-state index contributed by atoms with van der Waals surface area (Å²) in [6.45, 7) is 0.160. The summed E-state index contributed by atoms with van der Waals surface area (Å²) in [5.41, 5.74) is 19.8. The number of amides is 3. The van der Waals surface area contributed by atoms with Gasteiger partial charge in [0.2, 0.25) is 17.7 Å². The number of guanidine groups is 1. The zero-order valence-electron chi connectivity index (χ0n) is 26.1. The molecule has 0 aliphatic carbocycles. The summed E-state index contributed by atoms with van der Waals surface area (Å²) in [6.07, 6.45) is 5.13. The molecule has 254 valence electrons. The van der Waals surface area contributed by atoms with Gasteiger partial charge in [0.1, 0.15) is 23.9 Å². The Morgan fingerprint density at radius 1 is 0.854 bits per heavy atom. The fourth-order valence-corrected chi connectivity index (χ4v) is 5.12. The van der Waals surface area contributed by atoms with Gasteiger partial charge in [-0.1, -0.05) is 30.3 Å². The second kappa shape index (κ2) is 16.6. The number of phenolic OH excluding ortho intramolecular Hbond substituents is 1. The van der Waals surface area contributed by atoms with Gasteiger partial charge in [-0.3, -0.25) is 19.4 Å². The van der Waals surface area contributed by atoms with Crippen molar-refractivity contribution < 1.29 is 29.4 Å². The van der Waals surface area contributed by atoms with Crippen LogP contribution in [0.1, 0.15) is 29.7 Å². The summed E-state index contributed by atoms with van der Waals surface area (Å²) in [5, 5.41) is 28.3. The summed E-state index contributed by atoms with van der Waals surface area (Å²) in [7, 11) is 0. The first-order valence-electron chi connectivity index (χ1n) is 15.2. The Bertz CT molecular complexity index is 1720. The highest BCUT2D eigenvalue weighted by Gasteiger charge is 2.31. The number of hydrogen-bond donors (Lipinski definition) is 10. The number of phenols is 1. The number of aromatic hydroxyl groups is 1. The minimum Gasteiger partial charge on any atom is -0.508 e. The standard InChI is InChI=1S/C32H40N10O6/c33-23(13-19-15-38-24-5-2-1-4-22(19)24)28(44)41-27(14-20-16-36-17-39-20)30(46)42-26(12-18-7-9-21(43)10-8-18)29(45)40-25(31(47)48)6-3-11-37-32(34)35/h1-2,4-5,7-10,15-17,23,25-27,38,43H,3,6,11-14,33H2,(H,36,39)(H,40,45)(H,41,44)(H,42,46)(H,47,48)(H4,34,35,37). The van der Waals surface area contributed by atoms with Crippen LogP contribution < -0.4 is 33.2 Å². The molecule has 4 aromatic rings. The van der Waals surface area contributed by atoms with E-state index in [1.807, 2.05) is 24.3 Å². The first-order valence-corrected chi connectivity index (χ1v) is 15.2. The van der Waals surface area contributed by atoms with Crippen LogP contribution in [-0.4, -0.2) is 85.5 Å². The first-order chi connectivity index (χ1) is 23.0. The van der Waals surface area contributed by atoms with Crippen LogP contribution in [0.25, 0.3) is 10.9 Å². The van der Waals surface area contributed by atoms with Crippen LogP contribution in [-0.2, 0) is 38.4 Å². The van der Waals surface area contributed by atoms with E-state index in [0.29, 0.717) is 11.3 Å². The second-order valence-electron chi connectivity index (χ2n) is 11.3. The normalized spacial score (nSPS) is 13.5. The maximum absolute atomic E-state index is 13.8. The zero-order chi connectivity index (χ0) is 34.6. The fraction of sp³-hybridized carbons (Fsp3) is 0.312. The lowest BCUT2D eigenvalue weighted by molar-refractivity contribution is -0.142. The molecule has 48 heavy (non-hydrogen) atoms. The smallest absolute Gasteiger partial charge is 0.326 e. The Morgan fingerprint density at radius 2 is 1.52 bits per heavy atom. The minimum atomic E-state index is -1.30. The number of carboxylic acids is 1. The van der Waals surface area contributed by atoms with Crippen molar-refractivity contribution in [1.29, 1.82) is 0 Å². The molecule has 2 aromatic carbocycles. The highest BCUT2D eigenvalue weighted by molar-refractivity contribution is 5.94. The Morgan fingerprint density at radius 3 is 2.19 bits per heavy atom. The van der Waals surface area contributed by atoms with E-state index in [1.54, 1.807) is 18.3 Å². The molecule has 0 aliphatic heterocycles. The summed E-state index contributed by atoms with van der Waals surface area (Å²) in [5.74, 6) is -3.49. The van der Waals surface area contributed by atoms with Crippen LogP contribution in [0.15, 0.2) is 72.2 Å². The molecular formula is C32H40N10O6. The van der Waals surface area contributed by atoms with Crippen molar-refractivity contribution in [2.75, 3.05) is 6.54 Å². The number of hydrogen-bond acceptors (Lipinski definition) is 8. The van der Waals surface area contributed by atoms with Crippen LogP contribution in [0.4, 0.5) is 0 Å². The van der Waals surface area contributed by atoms with Gasteiger partial charge in [0.15, 0.2) is 5.96 Å². The van der Waals surface area contributed by atoms with Gasteiger partial charge in [-0.25, -0.2) is 9.78 Å². The zero-order valence-corrected chi connectivity index (χ0v) is 26.1. The molecule has 16 heteroatoms. The molecule has 3 amide bonds. The molecule has 0 aliphatic rings. The Labute approximate surface area is 275 Å². The first kappa shape index (κ1) is 35.0. The van der Waals surface area contributed by atoms with Gasteiger partial charge in [0, 0.05) is 48.4 Å². The third-order valence-electron chi connectivity index (χ3n) is 7.63. The van der Waals surface area contributed by atoms with Crippen molar-refractivity contribution >= 4 is 40.6 Å². The number of aliphatic imine (C=N–C) groups is 1. The van der Waals surface area contributed by atoms with Crippen LogP contribution >= 0.6 is 0 Å². The number of carbonyl (C=O) groups excluding carboxylic acids is 3. The third kappa shape index (κ3) is 10.1. The number of nitrogens with zero attached hydrogens (tertiary/aromatic N) is 2. The van der Waals surface area contributed by atoms with Gasteiger partial charge in [0.05, 0.1) is 12.4 Å². The Kier molecular flexibility index (Phi) is 12.1. The van der Waals surface area contributed by atoms with Gasteiger partial charge in [-0.05, 0) is 48.6 Å². The largest absolute Gasteiger partial charge is 0.508 e. The molecule has 4 atom stereocenters. The van der Waals surface area contributed by atoms with Crippen molar-refractivity contribution in [1.82, 2.24) is 30.9 Å². The number of para-hydroxylation sites is 1. The summed E-state index contributed by atoms with van der Waals surface area (Å²) >= 11 is 0. The van der Waals surface area contributed by atoms with E-state index in [-0.39, 0.29) is 50.4 Å². The van der Waals surface area contributed by atoms with Crippen LogP contribution in [0, 0.1) is 0 Å².